The SMILES string of the molecule is COc1cc(C)c(C(=O)Oc2cc(C)c(C(=O)Oc3cc(C)c(C(=O)NC(C)C(=O)O)c(O)c3)c(O[C@@H]3O[C@H](CO)[C@@H](O)[C@H](O)[C@H]3OC(C)=O)c2)c(OC)c1. The molecule has 1 saturated heterocycles. The molecule has 1 amide bonds. The number of aliphatic hydroxyl groups excluding tert-OH is 3. The lowest BCUT2D eigenvalue weighted by Crippen LogP contribution is -2.61. The first-order valence-electron chi connectivity index (χ1n) is 16.6. The van der Waals surface area contributed by atoms with Crippen LogP contribution in [0, 0.1) is 20.8 Å². The highest BCUT2D eigenvalue weighted by atomic mass is 16.7. The standard InChI is InChI=1S/C37H41NO17/c1-15-9-21(11-23(41)27(15)33(44)38-18(4)34(45)46)52-36(48)29-17(3)10-22(53-35(47)28-16(2)8-20(49-6)12-24(28)50-7)13-25(29)54-37-32(51-19(5)40)31(43)30(42)26(14-39)55-37/h8-13,18,26,30-32,37,39,41-43H,14H2,1-7H3,(H,38,44)(H,45,46)/t18?,26-,30-,31+,32-,37-/m1/s1. The Morgan fingerprint density at radius 2 is 1.31 bits per heavy atom. The molecule has 0 saturated carbocycles. The second-order valence-electron chi connectivity index (χ2n) is 12.5. The molecule has 55 heavy (non-hydrogen) atoms. The number of amides is 1. The summed E-state index contributed by atoms with van der Waals surface area (Å²) in [5.74, 6) is -6.03. The molecule has 0 aliphatic carbocycles. The second kappa shape index (κ2) is 17.5. The summed E-state index contributed by atoms with van der Waals surface area (Å²) in [6.45, 7) is 5.92. The number of carboxylic acid groups (broad SMARTS) is 1. The molecule has 6 atom stereocenters. The quantitative estimate of drug-likeness (QED) is 0.107. The summed E-state index contributed by atoms with van der Waals surface area (Å²) in [5.41, 5.74) is 0.0923. The lowest BCUT2D eigenvalue weighted by Gasteiger charge is -2.41. The van der Waals surface area contributed by atoms with Gasteiger partial charge in [-0.05, 0) is 62.6 Å². The summed E-state index contributed by atoms with van der Waals surface area (Å²) in [6.07, 6.45) is -8.45. The smallest absolute Gasteiger partial charge is 0.347 e. The summed E-state index contributed by atoms with van der Waals surface area (Å²) in [7, 11) is 2.79. The Morgan fingerprint density at radius 1 is 0.782 bits per heavy atom. The number of ether oxygens (including phenoxy) is 7. The van der Waals surface area contributed by atoms with Crippen LogP contribution in [0.1, 0.15) is 61.6 Å². The van der Waals surface area contributed by atoms with Gasteiger partial charge < -0.3 is 64.0 Å². The molecule has 1 aliphatic rings. The number of carboxylic acids is 1. The Bertz CT molecular complexity index is 1950. The molecule has 6 N–H and O–H groups in total. The highest BCUT2D eigenvalue weighted by Crippen LogP contribution is 2.36. The van der Waals surface area contributed by atoms with Crippen LogP contribution in [-0.2, 0) is 19.1 Å². The number of hydrogen-bond donors (Lipinski definition) is 6. The number of carbonyl (C=O) groups excluding carboxylic acids is 4. The molecule has 1 unspecified atom stereocenters. The Hall–Kier alpha value is -5.95. The van der Waals surface area contributed by atoms with Gasteiger partial charge in [-0.1, -0.05) is 0 Å². The van der Waals surface area contributed by atoms with E-state index in [-0.39, 0.29) is 45.1 Å². The fourth-order valence-corrected chi connectivity index (χ4v) is 5.73. The number of methoxy groups -OCH3 is 2. The van der Waals surface area contributed by atoms with E-state index in [9.17, 15) is 44.4 Å². The van der Waals surface area contributed by atoms with Crippen molar-refractivity contribution in [2.24, 2.45) is 0 Å². The molecule has 0 radical (unpaired) electrons. The summed E-state index contributed by atoms with van der Waals surface area (Å²) in [4.78, 5) is 63.3. The summed E-state index contributed by atoms with van der Waals surface area (Å²) >= 11 is 0. The molecule has 1 fully saturated rings. The lowest BCUT2D eigenvalue weighted by atomic mass is 9.99. The average molecular weight is 772 g/mol. The number of benzene rings is 3. The maximum Gasteiger partial charge on any atom is 0.347 e. The van der Waals surface area contributed by atoms with E-state index >= 15 is 0 Å². The zero-order chi connectivity index (χ0) is 40.9. The number of aliphatic carboxylic acids is 1. The van der Waals surface area contributed by atoms with Gasteiger partial charge in [0.25, 0.3) is 5.91 Å². The molecule has 0 aromatic heterocycles. The molecular weight excluding hydrogens is 730 g/mol. The van der Waals surface area contributed by atoms with E-state index in [4.69, 9.17) is 38.3 Å². The number of phenols is 1. The predicted molar refractivity (Wildman–Crippen MR) is 187 cm³/mol. The Morgan fingerprint density at radius 3 is 1.82 bits per heavy atom. The molecule has 0 spiro atoms. The van der Waals surface area contributed by atoms with E-state index in [1.165, 1.54) is 53.2 Å². The molecule has 18 nitrogen and oxygen atoms in total. The zero-order valence-corrected chi connectivity index (χ0v) is 30.8. The normalized spacial score (nSPS) is 19.7. The van der Waals surface area contributed by atoms with Gasteiger partial charge in [0.2, 0.25) is 6.29 Å². The van der Waals surface area contributed by atoms with Crippen LogP contribution < -0.4 is 29.0 Å². The van der Waals surface area contributed by atoms with Crippen molar-refractivity contribution in [1.29, 1.82) is 0 Å². The van der Waals surface area contributed by atoms with Crippen LogP contribution in [0.25, 0.3) is 0 Å². The van der Waals surface area contributed by atoms with Gasteiger partial charge in [-0.2, -0.15) is 0 Å². The number of nitrogens with one attached hydrogen (secondary N) is 1. The topological polar surface area (TPSA) is 263 Å². The predicted octanol–water partition coefficient (Wildman–Crippen LogP) is 1.73. The van der Waals surface area contributed by atoms with Crippen LogP contribution in [0.2, 0.25) is 0 Å². The highest BCUT2D eigenvalue weighted by Gasteiger charge is 2.48. The third-order valence-corrected chi connectivity index (χ3v) is 8.43. The maximum atomic E-state index is 13.9. The van der Waals surface area contributed by atoms with Gasteiger partial charge in [0.15, 0.2) is 6.10 Å². The number of hydrogen-bond acceptors (Lipinski definition) is 16. The Labute approximate surface area is 314 Å². The van der Waals surface area contributed by atoms with E-state index in [1.807, 2.05) is 0 Å². The summed E-state index contributed by atoms with van der Waals surface area (Å²) in [5, 5.41) is 53.1. The van der Waals surface area contributed by atoms with Gasteiger partial charge in [0.1, 0.15) is 70.0 Å². The van der Waals surface area contributed by atoms with Gasteiger partial charge in [-0.25, -0.2) is 9.59 Å². The van der Waals surface area contributed by atoms with Crippen LogP contribution in [0.4, 0.5) is 0 Å². The van der Waals surface area contributed by atoms with Gasteiger partial charge in [0.05, 0.1) is 26.4 Å². The fourth-order valence-electron chi connectivity index (χ4n) is 5.73. The Kier molecular flexibility index (Phi) is 13.3. The molecule has 18 heteroatoms. The van der Waals surface area contributed by atoms with Crippen molar-refractivity contribution in [3.63, 3.8) is 0 Å². The molecule has 4 rings (SSSR count). The first kappa shape index (κ1) is 41.8. The monoisotopic (exact) mass is 771 g/mol. The van der Waals surface area contributed by atoms with Gasteiger partial charge in [-0.15, -0.1) is 0 Å². The van der Waals surface area contributed by atoms with Crippen molar-refractivity contribution < 1.29 is 82.7 Å². The first-order chi connectivity index (χ1) is 25.9. The van der Waals surface area contributed by atoms with Crippen LogP contribution in [-0.4, -0.2) is 113 Å². The average Bonchev–Trinajstić information content (AvgIpc) is 3.09. The third kappa shape index (κ3) is 9.41. The molecule has 1 heterocycles. The Balaban J connectivity index is 1.77. The van der Waals surface area contributed by atoms with Crippen LogP contribution in [0.5, 0.6) is 34.5 Å². The number of esters is 3. The van der Waals surface area contributed by atoms with Crippen molar-refractivity contribution >= 4 is 29.8 Å². The fraction of sp³-hybridized carbons (Fsp3) is 0.378. The summed E-state index contributed by atoms with van der Waals surface area (Å²) in [6, 6.07) is 6.37. The van der Waals surface area contributed by atoms with Gasteiger partial charge in [0, 0.05) is 25.1 Å². The number of aryl methyl sites for hydroxylation is 3. The van der Waals surface area contributed by atoms with E-state index < -0.39 is 84.6 Å². The van der Waals surface area contributed by atoms with Crippen LogP contribution in [0.15, 0.2) is 36.4 Å². The van der Waals surface area contributed by atoms with E-state index in [2.05, 4.69) is 5.32 Å². The van der Waals surface area contributed by atoms with Crippen molar-refractivity contribution in [2.45, 2.75) is 71.4 Å². The van der Waals surface area contributed by atoms with E-state index in [0.717, 1.165) is 19.1 Å². The molecule has 0 bridgehead atoms. The van der Waals surface area contributed by atoms with E-state index in [0.29, 0.717) is 11.3 Å². The zero-order valence-electron chi connectivity index (χ0n) is 30.8. The number of rotatable bonds is 13. The van der Waals surface area contributed by atoms with Crippen molar-refractivity contribution in [3.8, 4) is 34.5 Å². The molecule has 3 aromatic rings. The number of aliphatic hydroxyl groups is 3. The molecule has 1 aliphatic heterocycles. The van der Waals surface area contributed by atoms with Crippen molar-refractivity contribution in [3.05, 3.63) is 69.8 Å². The van der Waals surface area contributed by atoms with Crippen molar-refractivity contribution in [1.82, 2.24) is 5.32 Å². The number of phenolic OH excluding ortho intramolecular Hbond substituents is 1. The minimum absolute atomic E-state index is 0.0464. The summed E-state index contributed by atoms with van der Waals surface area (Å²) < 4.78 is 38.7. The molecule has 296 valence electrons. The lowest BCUT2D eigenvalue weighted by molar-refractivity contribution is -0.281. The minimum atomic E-state index is -1.83. The number of carbonyl (C=O) groups is 5. The second-order valence-corrected chi connectivity index (χ2v) is 12.5. The van der Waals surface area contributed by atoms with Crippen molar-refractivity contribution in [2.75, 3.05) is 20.8 Å². The molecular formula is C37H41NO17. The molecule has 3 aromatic carbocycles. The minimum Gasteiger partial charge on any atom is -0.507 e. The van der Waals surface area contributed by atoms with Crippen LogP contribution in [0.3, 0.4) is 0 Å². The first-order valence-corrected chi connectivity index (χ1v) is 16.6. The van der Waals surface area contributed by atoms with Gasteiger partial charge >= 0.3 is 23.9 Å². The largest absolute Gasteiger partial charge is 0.507 e. The number of aromatic hydroxyl groups is 1. The maximum absolute atomic E-state index is 13.9. The third-order valence-electron chi connectivity index (χ3n) is 8.43. The highest BCUT2D eigenvalue weighted by molar-refractivity contribution is 6.01. The van der Waals surface area contributed by atoms with Gasteiger partial charge in [-0.3, -0.25) is 14.4 Å². The van der Waals surface area contributed by atoms with E-state index in [1.54, 1.807) is 13.0 Å². The van der Waals surface area contributed by atoms with Crippen LogP contribution >= 0.6 is 0 Å².